The van der Waals surface area contributed by atoms with Gasteiger partial charge in [-0.1, -0.05) is 26.2 Å². The molecule has 6 nitrogen and oxygen atoms in total. The van der Waals surface area contributed by atoms with E-state index in [0.29, 0.717) is 5.69 Å². The molecule has 0 aliphatic rings. The van der Waals surface area contributed by atoms with Crippen LogP contribution in [0.25, 0.3) is 20.9 Å². The standard InChI is InChI=1S/C7H5BrN6/c8-6-1-5(4-11-13-9)2-7(3-6)12-14-10/h1-3H,4H2. The highest BCUT2D eigenvalue weighted by Crippen LogP contribution is 2.22. The first-order chi connectivity index (χ1) is 6.76. The van der Waals surface area contributed by atoms with Crippen LogP contribution in [0, 0.1) is 0 Å². The molecule has 0 spiro atoms. The van der Waals surface area contributed by atoms with Crippen molar-refractivity contribution in [3.8, 4) is 0 Å². The molecule has 1 aromatic carbocycles. The molecule has 0 aliphatic carbocycles. The maximum atomic E-state index is 8.24. The molecule has 0 unspecified atom stereocenters. The van der Waals surface area contributed by atoms with Gasteiger partial charge in [-0.2, -0.15) is 0 Å². The molecule has 1 aromatic rings. The number of halogens is 1. The van der Waals surface area contributed by atoms with Crippen molar-refractivity contribution in [2.45, 2.75) is 6.54 Å². The van der Waals surface area contributed by atoms with Crippen LogP contribution in [0.5, 0.6) is 0 Å². The lowest BCUT2D eigenvalue weighted by atomic mass is 10.2. The third-order valence-corrected chi connectivity index (χ3v) is 1.88. The largest absolute Gasteiger partial charge is 0.0893 e. The van der Waals surface area contributed by atoms with Crippen molar-refractivity contribution in [1.29, 1.82) is 0 Å². The quantitative estimate of drug-likeness (QED) is 0.438. The lowest BCUT2D eigenvalue weighted by Gasteiger charge is -1.99. The molecule has 0 atom stereocenters. The minimum Gasteiger partial charge on any atom is -0.0893 e. The van der Waals surface area contributed by atoms with Gasteiger partial charge in [0.2, 0.25) is 0 Å². The van der Waals surface area contributed by atoms with E-state index in [9.17, 15) is 0 Å². The fourth-order valence-corrected chi connectivity index (χ4v) is 1.48. The summed E-state index contributed by atoms with van der Waals surface area (Å²) in [5, 5.41) is 6.86. The Balaban J connectivity index is 3.05. The molecule has 0 saturated heterocycles. The van der Waals surface area contributed by atoms with Gasteiger partial charge < -0.3 is 0 Å². The molecule has 0 saturated carbocycles. The van der Waals surface area contributed by atoms with Gasteiger partial charge >= 0.3 is 0 Å². The molecule has 0 bridgehead atoms. The zero-order chi connectivity index (χ0) is 10.4. The predicted octanol–water partition coefficient (Wildman–Crippen LogP) is 4.20. The fourth-order valence-electron chi connectivity index (χ4n) is 0.947. The van der Waals surface area contributed by atoms with Crippen LogP contribution in [0.1, 0.15) is 5.56 Å². The molecular formula is C7H5BrN6. The SMILES string of the molecule is [N-]=[N+]=NCc1cc(Br)cc(N=[N+]=[N-])c1. The van der Waals surface area contributed by atoms with Crippen molar-refractivity contribution in [2.24, 2.45) is 10.2 Å². The summed E-state index contributed by atoms with van der Waals surface area (Å²) >= 11 is 3.26. The van der Waals surface area contributed by atoms with E-state index in [1.807, 2.05) is 0 Å². The summed E-state index contributed by atoms with van der Waals surface area (Å²) < 4.78 is 0.783. The highest BCUT2D eigenvalue weighted by atomic mass is 79.9. The van der Waals surface area contributed by atoms with Crippen LogP contribution >= 0.6 is 15.9 Å². The molecule has 14 heavy (non-hydrogen) atoms. The third kappa shape index (κ3) is 2.99. The number of hydrogen-bond acceptors (Lipinski definition) is 2. The minimum atomic E-state index is 0.240. The van der Waals surface area contributed by atoms with Crippen molar-refractivity contribution in [3.05, 3.63) is 49.1 Å². The van der Waals surface area contributed by atoms with Crippen molar-refractivity contribution >= 4 is 21.6 Å². The second-order valence-electron chi connectivity index (χ2n) is 2.40. The monoisotopic (exact) mass is 252 g/mol. The van der Waals surface area contributed by atoms with Crippen molar-refractivity contribution in [2.75, 3.05) is 0 Å². The molecule has 0 amide bonds. The number of hydrogen-bond donors (Lipinski definition) is 0. The van der Waals surface area contributed by atoms with Crippen LogP contribution in [0.4, 0.5) is 5.69 Å². The Hall–Kier alpha value is -1.68. The van der Waals surface area contributed by atoms with Crippen LogP contribution in [0.3, 0.4) is 0 Å². The Morgan fingerprint density at radius 3 is 2.64 bits per heavy atom. The zero-order valence-corrected chi connectivity index (χ0v) is 8.59. The summed E-state index contributed by atoms with van der Waals surface area (Å²) in [6.07, 6.45) is 0. The lowest BCUT2D eigenvalue weighted by Crippen LogP contribution is -1.79. The smallest absolute Gasteiger partial charge is 0.0511 e. The number of azide groups is 2. The van der Waals surface area contributed by atoms with Gasteiger partial charge in [0.25, 0.3) is 0 Å². The van der Waals surface area contributed by atoms with Crippen LogP contribution in [0.2, 0.25) is 0 Å². The van der Waals surface area contributed by atoms with Gasteiger partial charge in [-0.25, -0.2) is 0 Å². The summed E-state index contributed by atoms with van der Waals surface area (Å²) in [6.45, 7) is 0.240. The Morgan fingerprint density at radius 2 is 2.00 bits per heavy atom. The highest BCUT2D eigenvalue weighted by Gasteiger charge is 1.96. The van der Waals surface area contributed by atoms with E-state index in [0.717, 1.165) is 10.0 Å². The molecule has 0 radical (unpaired) electrons. The van der Waals surface area contributed by atoms with Crippen molar-refractivity contribution < 1.29 is 0 Å². The first kappa shape index (κ1) is 10.4. The second kappa shape index (κ2) is 5.14. The lowest BCUT2D eigenvalue weighted by molar-refractivity contribution is 1.04. The molecule has 0 N–H and O–H groups in total. The van der Waals surface area contributed by atoms with Crippen molar-refractivity contribution in [3.63, 3.8) is 0 Å². The minimum absolute atomic E-state index is 0.240. The topological polar surface area (TPSA) is 97.5 Å². The zero-order valence-electron chi connectivity index (χ0n) is 7.00. The summed E-state index contributed by atoms with van der Waals surface area (Å²) in [5.74, 6) is 0. The molecule has 1 rings (SSSR count). The average Bonchev–Trinajstić information content (AvgIpc) is 2.14. The Bertz CT molecular complexity index is 430. The maximum Gasteiger partial charge on any atom is 0.0511 e. The van der Waals surface area contributed by atoms with Crippen LogP contribution in [-0.4, -0.2) is 0 Å². The van der Waals surface area contributed by atoms with Gasteiger partial charge in [0.1, 0.15) is 0 Å². The van der Waals surface area contributed by atoms with E-state index in [2.05, 4.69) is 36.0 Å². The van der Waals surface area contributed by atoms with Gasteiger partial charge in [0.15, 0.2) is 0 Å². The molecular weight excluding hydrogens is 248 g/mol. The maximum absolute atomic E-state index is 8.24. The van der Waals surface area contributed by atoms with Crippen LogP contribution in [-0.2, 0) is 6.54 Å². The van der Waals surface area contributed by atoms with Crippen molar-refractivity contribution in [1.82, 2.24) is 0 Å². The normalized spacial score (nSPS) is 8.64. The molecule has 0 aliphatic heterocycles. The summed E-state index contributed by atoms with van der Waals surface area (Å²) in [6, 6.07) is 5.14. The first-order valence-electron chi connectivity index (χ1n) is 3.61. The Kier molecular flexibility index (Phi) is 3.82. The Labute approximate surface area is 87.9 Å². The van der Waals surface area contributed by atoms with Gasteiger partial charge in [-0.3, -0.25) is 0 Å². The number of nitrogens with zero attached hydrogens (tertiary/aromatic N) is 6. The first-order valence-corrected chi connectivity index (χ1v) is 4.41. The summed E-state index contributed by atoms with van der Waals surface area (Å²) in [7, 11) is 0. The second-order valence-corrected chi connectivity index (χ2v) is 3.31. The molecule has 0 fully saturated rings. The Morgan fingerprint density at radius 1 is 1.21 bits per heavy atom. The van der Waals surface area contributed by atoms with Gasteiger partial charge in [-0.05, 0) is 34.8 Å². The fraction of sp³-hybridized carbons (Fsp3) is 0.143. The molecule has 0 heterocycles. The average molecular weight is 253 g/mol. The van der Waals surface area contributed by atoms with Gasteiger partial charge in [0, 0.05) is 20.0 Å². The van der Waals surface area contributed by atoms with E-state index in [-0.39, 0.29) is 6.54 Å². The van der Waals surface area contributed by atoms with Crippen LogP contribution < -0.4 is 0 Å². The summed E-state index contributed by atoms with van der Waals surface area (Å²) in [4.78, 5) is 5.31. The molecule has 7 heteroatoms. The number of rotatable bonds is 3. The third-order valence-electron chi connectivity index (χ3n) is 1.42. The van der Waals surface area contributed by atoms with Gasteiger partial charge in [-0.15, -0.1) is 0 Å². The van der Waals surface area contributed by atoms with E-state index >= 15 is 0 Å². The molecule has 70 valence electrons. The van der Waals surface area contributed by atoms with Crippen LogP contribution in [0.15, 0.2) is 32.9 Å². The van der Waals surface area contributed by atoms with E-state index in [1.165, 1.54) is 0 Å². The molecule has 0 aromatic heterocycles. The number of benzene rings is 1. The van der Waals surface area contributed by atoms with E-state index < -0.39 is 0 Å². The highest BCUT2D eigenvalue weighted by molar-refractivity contribution is 9.10. The van der Waals surface area contributed by atoms with Gasteiger partial charge in [0.05, 0.1) is 6.54 Å². The summed E-state index contributed by atoms with van der Waals surface area (Å²) in [5.41, 5.74) is 17.7. The van der Waals surface area contributed by atoms with E-state index in [1.54, 1.807) is 18.2 Å². The predicted molar refractivity (Wildman–Crippen MR) is 55.8 cm³/mol. The van der Waals surface area contributed by atoms with E-state index in [4.69, 9.17) is 11.1 Å².